The molecule has 0 atom stereocenters. The summed E-state index contributed by atoms with van der Waals surface area (Å²) in [6, 6.07) is 0. The number of carbonyl (C=O) groups excluding carboxylic acids is 1. The molecule has 0 radical (unpaired) electrons. The highest BCUT2D eigenvalue weighted by molar-refractivity contribution is 7.99. The molecule has 0 saturated carbocycles. The Hall–Kier alpha value is -0.750. The van der Waals surface area contributed by atoms with Crippen LogP contribution in [0.15, 0.2) is 0 Å². The van der Waals surface area contributed by atoms with Gasteiger partial charge in [0.2, 0.25) is 5.91 Å². The predicted octanol–water partition coefficient (Wildman–Crippen LogP) is 1.50. The maximum atomic E-state index is 11.7. The van der Waals surface area contributed by atoms with Crippen LogP contribution in [0.2, 0.25) is 0 Å². The lowest BCUT2D eigenvalue weighted by atomic mass is 9.79. The van der Waals surface area contributed by atoms with Crippen LogP contribution in [0.4, 0.5) is 0 Å². The standard InChI is InChI=1S/C13H25NO4S/c1-3-13(4-2,12(17)18)10-11(16)14-6-9-19-8-5-7-15/h15H,3-10H2,1-2H3,(H,14,16)(H,17,18). The molecule has 0 spiro atoms. The van der Waals surface area contributed by atoms with E-state index in [2.05, 4.69) is 5.32 Å². The number of aliphatic hydroxyl groups is 1. The van der Waals surface area contributed by atoms with Gasteiger partial charge < -0.3 is 15.5 Å². The van der Waals surface area contributed by atoms with Crippen molar-refractivity contribution in [3.05, 3.63) is 0 Å². The number of carboxylic acid groups (broad SMARTS) is 1. The van der Waals surface area contributed by atoms with E-state index in [1.807, 2.05) is 0 Å². The highest BCUT2D eigenvalue weighted by atomic mass is 32.2. The van der Waals surface area contributed by atoms with Crippen LogP contribution >= 0.6 is 11.8 Å². The molecule has 6 heteroatoms. The summed E-state index contributed by atoms with van der Waals surface area (Å²) >= 11 is 1.66. The summed E-state index contributed by atoms with van der Waals surface area (Å²) in [5.41, 5.74) is -0.936. The third kappa shape index (κ3) is 6.82. The fourth-order valence-corrected chi connectivity index (χ4v) is 2.56. The van der Waals surface area contributed by atoms with Crippen molar-refractivity contribution in [2.75, 3.05) is 24.7 Å². The molecular formula is C13H25NO4S. The van der Waals surface area contributed by atoms with Gasteiger partial charge in [-0.1, -0.05) is 13.8 Å². The van der Waals surface area contributed by atoms with Gasteiger partial charge in [0.05, 0.1) is 5.41 Å². The maximum absolute atomic E-state index is 11.7. The van der Waals surface area contributed by atoms with Gasteiger partial charge in [0, 0.05) is 25.3 Å². The second-order valence-corrected chi connectivity index (χ2v) is 5.73. The maximum Gasteiger partial charge on any atom is 0.310 e. The SMILES string of the molecule is CCC(CC)(CC(=O)NCCSCCCO)C(=O)O. The number of aliphatic hydroxyl groups excluding tert-OH is 1. The monoisotopic (exact) mass is 291 g/mol. The Kier molecular flexibility index (Phi) is 9.69. The molecule has 112 valence electrons. The Labute approximate surface area is 119 Å². The zero-order valence-corrected chi connectivity index (χ0v) is 12.6. The molecule has 0 heterocycles. The fourth-order valence-electron chi connectivity index (χ4n) is 1.78. The molecule has 0 rings (SSSR count). The van der Waals surface area contributed by atoms with E-state index in [0.29, 0.717) is 19.4 Å². The molecule has 5 nitrogen and oxygen atoms in total. The first-order valence-corrected chi connectivity index (χ1v) is 7.86. The number of aliphatic carboxylic acids is 1. The fraction of sp³-hybridized carbons (Fsp3) is 0.846. The Morgan fingerprint density at radius 2 is 1.84 bits per heavy atom. The van der Waals surface area contributed by atoms with Gasteiger partial charge in [-0.05, 0) is 25.0 Å². The number of amides is 1. The molecule has 0 aromatic rings. The lowest BCUT2D eigenvalue weighted by Gasteiger charge is -2.25. The molecule has 0 aliphatic heterocycles. The third-order valence-electron chi connectivity index (χ3n) is 3.32. The number of carboxylic acids is 1. The van der Waals surface area contributed by atoms with Gasteiger partial charge in [0.15, 0.2) is 0 Å². The number of rotatable bonds is 11. The first-order valence-electron chi connectivity index (χ1n) is 6.71. The van der Waals surface area contributed by atoms with E-state index in [1.165, 1.54) is 0 Å². The van der Waals surface area contributed by atoms with Crippen molar-refractivity contribution in [2.24, 2.45) is 5.41 Å². The van der Waals surface area contributed by atoms with Crippen LogP contribution in [0.5, 0.6) is 0 Å². The van der Waals surface area contributed by atoms with Gasteiger partial charge in [-0.15, -0.1) is 0 Å². The second kappa shape index (κ2) is 10.1. The molecule has 0 saturated heterocycles. The van der Waals surface area contributed by atoms with Crippen LogP contribution < -0.4 is 5.32 Å². The largest absolute Gasteiger partial charge is 0.481 e. The van der Waals surface area contributed by atoms with E-state index >= 15 is 0 Å². The van der Waals surface area contributed by atoms with Crippen molar-refractivity contribution < 1.29 is 19.8 Å². The van der Waals surface area contributed by atoms with Crippen LogP contribution in [0, 0.1) is 5.41 Å². The average molecular weight is 291 g/mol. The summed E-state index contributed by atoms with van der Waals surface area (Å²) in [5, 5.41) is 20.6. The van der Waals surface area contributed by atoms with E-state index in [0.717, 1.165) is 17.9 Å². The van der Waals surface area contributed by atoms with Crippen LogP contribution in [-0.2, 0) is 9.59 Å². The van der Waals surface area contributed by atoms with Gasteiger partial charge in [-0.3, -0.25) is 9.59 Å². The zero-order valence-electron chi connectivity index (χ0n) is 11.8. The van der Waals surface area contributed by atoms with Crippen molar-refractivity contribution in [3.8, 4) is 0 Å². The third-order valence-corrected chi connectivity index (χ3v) is 4.39. The van der Waals surface area contributed by atoms with Crippen molar-refractivity contribution in [3.63, 3.8) is 0 Å². The highest BCUT2D eigenvalue weighted by Gasteiger charge is 2.36. The lowest BCUT2D eigenvalue weighted by Crippen LogP contribution is -2.37. The van der Waals surface area contributed by atoms with E-state index in [1.54, 1.807) is 25.6 Å². The molecule has 0 aromatic carbocycles. The minimum Gasteiger partial charge on any atom is -0.481 e. The molecule has 1 amide bonds. The molecule has 0 aliphatic carbocycles. The molecule has 19 heavy (non-hydrogen) atoms. The van der Waals surface area contributed by atoms with Crippen molar-refractivity contribution in [1.29, 1.82) is 0 Å². The first-order chi connectivity index (χ1) is 9.02. The van der Waals surface area contributed by atoms with Gasteiger partial charge in [0.25, 0.3) is 0 Å². The number of nitrogens with one attached hydrogen (secondary N) is 1. The minimum absolute atomic E-state index is 0.0383. The van der Waals surface area contributed by atoms with E-state index in [9.17, 15) is 14.7 Å². The molecule has 0 unspecified atom stereocenters. The number of hydrogen-bond acceptors (Lipinski definition) is 4. The van der Waals surface area contributed by atoms with Crippen LogP contribution in [0.3, 0.4) is 0 Å². The number of thioether (sulfide) groups is 1. The summed E-state index contributed by atoms with van der Waals surface area (Å²) < 4.78 is 0. The molecule has 0 aliphatic rings. The van der Waals surface area contributed by atoms with Crippen LogP contribution in [0.25, 0.3) is 0 Å². The normalized spacial score (nSPS) is 11.3. The summed E-state index contributed by atoms with van der Waals surface area (Å²) in [6.07, 6.45) is 1.71. The lowest BCUT2D eigenvalue weighted by molar-refractivity contribution is -0.152. The van der Waals surface area contributed by atoms with Crippen LogP contribution in [0.1, 0.15) is 39.5 Å². The summed E-state index contributed by atoms with van der Waals surface area (Å²) in [4.78, 5) is 23.0. The van der Waals surface area contributed by atoms with Crippen LogP contribution in [-0.4, -0.2) is 46.7 Å². The summed E-state index contributed by atoms with van der Waals surface area (Å²) in [7, 11) is 0. The average Bonchev–Trinajstić information content (AvgIpc) is 2.39. The smallest absolute Gasteiger partial charge is 0.310 e. The molecule has 0 aromatic heterocycles. The summed E-state index contributed by atoms with van der Waals surface area (Å²) in [6.45, 7) is 4.33. The Balaban J connectivity index is 3.98. The van der Waals surface area contributed by atoms with E-state index in [4.69, 9.17) is 5.11 Å². The Bertz CT molecular complexity index is 280. The van der Waals surface area contributed by atoms with E-state index in [-0.39, 0.29) is 18.9 Å². The molecule has 0 fully saturated rings. The van der Waals surface area contributed by atoms with E-state index < -0.39 is 11.4 Å². The highest BCUT2D eigenvalue weighted by Crippen LogP contribution is 2.30. The molecule has 3 N–H and O–H groups in total. The number of carbonyl (C=O) groups is 2. The second-order valence-electron chi connectivity index (χ2n) is 4.51. The topological polar surface area (TPSA) is 86.6 Å². The first kappa shape index (κ1) is 18.2. The molecular weight excluding hydrogens is 266 g/mol. The Morgan fingerprint density at radius 1 is 1.21 bits per heavy atom. The van der Waals surface area contributed by atoms with Gasteiger partial charge in [0.1, 0.15) is 0 Å². The predicted molar refractivity (Wildman–Crippen MR) is 77.3 cm³/mol. The van der Waals surface area contributed by atoms with Gasteiger partial charge in [-0.2, -0.15) is 11.8 Å². The Morgan fingerprint density at radius 3 is 2.32 bits per heavy atom. The minimum atomic E-state index is -0.936. The van der Waals surface area contributed by atoms with Gasteiger partial charge in [-0.25, -0.2) is 0 Å². The number of hydrogen-bond donors (Lipinski definition) is 3. The van der Waals surface area contributed by atoms with Crippen molar-refractivity contribution in [1.82, 2.24) is 5.32 Å². The summed E-state index contributed by atoms with van der Waals surface area (Å²) in [5.74, 6) is 0.554. The molecule has 0 bridgehead atoms. The van der Waals surface area contributed by atoms with Gasteiger partial charge >= 0.3 is 5.97 Å². The van der Waals surface area contributed by atoms with Crippen molar-refractivity contribution >= 4 is 23.6 Å². The quantitative estimate of drug-likeness (QED) is 0.502. The zero-order chi connectivity index (χ0) is 14.7. The van der Waals surface area contributed by atoms with Crippen molar-refractivity contribution in [2.45, 2.75) is 39.5 Å².